The molecule has 0 saturated heterocycles. The molecule has 0 fully saturated rings. The zero-order chi connectivity index (χ0) is 23.4. The molecule has 1 N–H and O–H groups in total. The number of aromatic nitrogens is 2. The minimum atomic E-state index is -0.353. The van der Waals surface area contributed by atoms with Crippen LogP contribution in [0.25, 0.3) is 21.3 Å². The highest BCUT2D eigenvalue weighted by Crippen LogP contribution is 2.36. The fourth-order valence-corrected chi connectivity index (χ4v) is 4.40. The lowest BCUT2D eigenvalue weighted by molar-refractivity contribution is -0.116. The summed E-state index contributed by atoms with van der Waals surface area (Å²) in [4.78, 5) is 31.0. The Morgan fingerprint density at radius 3 is 2.64 bits per heavy atom. The van der Waals surface area contributed by atoms with E-state index in [0.29, 0.717) is 39.8 Å². The van der Waals surface area contributed by atoms with Crippen LogP contribution in [-0.4, -0.2) is 36.3 Å². The van der Waals surface area contributed by atoms with Gasteiger partial charge in [0.15, 0.2) is 11.5 Å². The Labute approximate surface area is 194 Å². The minimum Gasteiger partial charge on any atom is -0.493 e. The smallest absolute Gasteiger partial charge is 0.263 e. The first-order valence-electron chi connectivity index (χ1n) is 10.3. The monoisotopic (exact) mass is 465 g/mol. The summed E-state index contributed by atoms with van der Waals surface area (Å²) in [5, 5.41) is 5.14. The van der Waals surface area contributed by atoms with Crippen LogP contribution in [0.4, 0.5) is 5.69 Å². The average molecular weight is 466 g/mol. The maximum Gasteiger partial charge on any atom is 0.263 e. The van der Waals surface area contributed by atoms with Crippen LogP contribution in [0.5, 0.6) is 17.2 Å². The van der Waals surface area contributed by atoms with Crippen LogP contribution in [-0.2, 0) is 11.3 Å². The maximum atomic E-state index is 13.3. The number of amides is 1. The van der Waals surface area contributed by atoms with Crippen LogP contribution in [0.3, 0.4) is 0 Å². The Bertz CT molecular complexity index is 1360. The zero-order valence-corrected chi connectivity index (χ0v) is 19.3. The maximum absolute atomic E-state index is 13.3. The SMILES string of the molecule is CCOc1ccccc1NC(=O)Cn1cnc2scc(-c3ccc(OC)c(OC)c3)c2c1=O. The standard InChI is InChI=1S/C24H23N3O5S/c1-4-32-18-8-6-5-7-17(18)26-21(28)12-27-14-25-23-22(24(27)29)16(13-33-23)15-9-10-19(30-2)20(11-15)31-3/h5-11,13-14H,4,12H2,1-3H3,(H,26,28). The number of methoxy groups -OCH3 is 2. The van der Waals surface area contributed by atoms with E-state index in [1.165, 1.54) is 22.2 Å². The Kier molecular flexibility index (Phi) is 6.60. The Balaban J connectivity index is 1.65. The summed E-state index contributed by atoms with van der Waals surface area (Å²) in [5.41, 5.74) is 1.78. The molecule has 9 heteroatoms. The molecule has 8 nitrogen and oxygen atoms in total. The van der Waals surface area contributed by atoms with Gasteiger partial charge in [-0.3, -0.25) is 14.2 Å². The van der Waals surface area contributed by atoms with Crippen molar-refractivity contribution in [3.8, 4) is 28.4 Å². The van der Waals surface area contributed by atoms with Crippen LogP contribution in [0.1, 0.15) is 6.92 Å². The van der Waals surface area contributed by atoms with Gasteiger partial charge in [0.1, 0.15) is 17.1 Å². The van der Waals surface area contributed by atoms with Gasteiger partial charge in [0, 0.05) is 10.9 Å². The number of anilines is 1. The van der Waals surface area contributed by atoms with Gasteiger partial charge in [-0.25, -0.2) is 4.98 Å². The highest BCUT2D eigenvalue weighted by atomic mass is 32.1. The number of rotatable bonds is 8. The van der Waals surface area contributed by atoms with Crippen LogP contribution in [0.15, 0.2) is 59.0 Å². The van der Waals surface area contributed by atoms with Crippen molar-refractivity contribution in [2.45, 2.75) is 13.5 Å². The lowest BCUT2D eigenvalue weighted by atomic mass is 10.1. The summed E-state index contributed by atoms with van der Waals surface area (Å²) >= 11 is 1.37. The number of nitrogens with zero attached hydrogens (tertiary/aromatic N) is 2. The van der Waals surface area contributed by atoms with Gasteiger partial charge in [-0.15, -0.1) is 11.3 Å². The molecular formula is C24H23N3O5S. The number of ether oxygens (including phenoxy) is 3. The third-order valence-electron chi connectivity index (χ3n) is 5.03. The largest absolute Gasteiger partial charge is 0.493 e. The predicted molar refractivity (Wildman–Crippen MR) is 129 cm³/mol. The number of hydrogen-bond donors (Lipinski definition) is 1. The molecule has 33 heavy (non-hydrogen) atoms. The summed E-state index contributed by atoms with van der Waals surface area (Å²) in [6, 6.07) is 12.6. The van der Waals surface area contributed by atoms with E-state index in [0.717, 1.165) is 11.1 Å². The fraction of sp³-hybridized carbons (Fsp3) is 0.208. The molecule has 0 radical (unpaired) electrons. The highest BCUT2D eigenvalue weighted by Gasteiger charge is 2.17. The quantitative estimate of drug-likeness (QED) is 0.420. The van der Waals surface area contributed by atoms with Crippen LogP contribution in [0, 0.1) is 0 Å². The van der Waals surface area contributed by atoms with Crippen LogP contribution >= 0.6 is 11.3 Å². The number of fused-ring (bicyclic) bond motifs is 1. The molecule has 2 aromatic heterocycles. The summed E-state index contributed by atoms with van der Waals surface area (Å²) in [6.45, 7) is 2.17. The molecule has 0 unspecified atom stereocenters. The second-order valence-electron chi connectivity index (χ2n) is 7.05. The number of thiophene rings is 1. The average Bonchev–Trinajstić information content (AvgIpc) is 3.27. The van der Waals surface area contributed by atoms with Crippen molar-refractivity contribution in [3.05, 3.63) is 64.5 Å². The van der Waals surface area contributed by atoms with E-state index in [-0.39, 0.29) is 18.0 Å². The molecule has 2 heterocycles. The highest BCUT2D eigenvalue weighted by molar-refractivity contribution is 7.17. The van der Waals surface area contributed by atoms with Crippen molar-refractivity contribution in [3.63, 3.8) is 0 Å². The lowest BCUT2D eigenvalue weighted by Gasteiger charge is -2.12. The van der Waals surface area contributed by atoms with Crippen molar-refractivity contribution in [2.75, 3.05) is 26.1 Å². The van der Waals surface area contributed by atoms with Crippen LogP contribution in [0.2, 0.25) is 0 Å². The third kappa shape index (κ3) is 4.54. The molecule has 0 aliphatic rings. The van der Waals surface area contributed by atoms with Crippen molar-refractivity contribution in [2.24, 2.45) is 0 Å². The first-order valence-corrected chi connectivity index (χ1v) is 11.1. The first kappa shape index (κ1) is 22.3. The van der Waals surface area contributed by atoms with Gasteiger partial charge in [-0.1, -0.05) is 18.2 Å². The number of hydrogen-bond acceptors (Lipinski definition) is 7. The number of para-hydroxylation sites is 2. The van der Waals surface area contributed by atoms with E-state index < -0.39 is 0 Å². The van der Waals surface area contributed by atoms with Crippen molar-refractivity contribution in [1.82, 2.24) is 9.55 Å². The number of carbonyl (C=O) groups is 1. The zero-order valence-electron chi connectivity index (χ0n) is 18.5. The van der Waals surface area contributed by atoms with E-state index in [4.69, 9.17) is 14.2 Å². The molecule has 0 bridgehead atoms. The fourth-order valence-electron chi connectivity index (χ4n) is 3.49. The third-order valence-corrected chi connectivity index (χ3v) is 5.92. The molecule has 4 aromatic rings. The van der Waals surface area contributed by atoms with Gasteiger partial charge in [0.2, 0.25) is 5.91 Å². The van der Waals surface area contributed by atoms with Gasteiger partial charge >= 0.3 is 0 Å². The van der Waals surface area contributed by atoms with Crippen molar-refractivity contribution in [1.29, 1.82) is 0 Å². The molecule has 0 saturated carbocycles. The molecule has 0 aliphatic carbocycles. The summed E-state index contributed by atoms with van der Waals surface area (Å²) in [6.07, 6.45) is 1.40. The Hall–Kier alpha value is -3.85. The van der Waals surface area contributed by atoms with E-state index in [9.17, 15) is 9.59 Å². The molecule has 0 atom stereocenters. The lowest BCUT2D eigenvalue weighted by Crippen LogP contribution is -2.28. The summed E-state index contributed by atoms with van der Waals surface area (Å²) in [5.74, 6) is 1.38. The molecule has 4 rings (SSSR count). The molecular weight excluding hydrogens is 442 g/mol. The van der Waals surface area contributed by atoms with E-state index >= 15 is 0 Å². The number of carbonyl (C=O) groups excluding carboxylic acids is 1. The van der Waals surface area contributed by atoms with Crippen molar-refractivity contribution >= 4 is 33.1 Å². The second-order valence-corrected chi connectivity index (χ2v) is 7.91. The molecule has 0 spiro atoms. The molecule has 0 aliphatic heterocycles. The summed E-state index contributed by atoms with van der Waals surface area (Å²) < 4.78 is 17.5. The number of benzene rings is 2. The molecule has 1 amide bonds. The van der Waals surface area contributed by atoms with Crippen LogP contribution < -0.4 is 25.1 Å². The van der Waals surface area contributed by atoms with Gasteiger partial charge < -0.3 is 19.5 Å². The number of nitrogens with one attached hydrogen (secondary N) is 1. The van der Waals surface area contributed by atoms with Gasteiger partial charge in [0.25, 0.3) is 5.56 Å². The topological polar surface area (TPSA) is 91.7 Å². The predicted octanol–water partition coefficient (Wildman–Crippen LogP) is 4.18. The van der Waals surface area contributed by atoms with Crippen molar-refractivity contribution < 1.29 is 19.0 Å². The summed E-state index contributed by atoms with van der Waals surface area (Å²) in [7, 11) is 3.13. The second kappa shape index (κ2) is 9.74. The van der Waals surface area contributed by atoms with E-state index in [1.807, 2.05) is 30.5 Å². The van der Waals surface area contributed by atoms with Gasteiger partial charge in [-0.05, 0) is 36.8 Å². The van der Waals surface area contributed by atoms with Gasteiger partial charge in [0.05, 0.1) is 38.2 Å². The molecule has 2 aromatic carbocycles. The first-order chi connectivity index (χ1) is 16.0. The normalized spacial score (nSPS) is 10.8. The Morgan fingerprint density at radius 1 is 1.09 bits per heavy atom. The molecule has 170 valence electrons. The minimum absolute atomic E-state index is 0.177. The van der Waals surface area contributed by atoms with Gasteiger partial charge in [-0.2, -0.15) is 0 Å². The van der Waals surface area contributed by atoms with E-state index in [2.05, 4.69) is 10.3 Å². The Morgan fingerprint density at radius 2 is 1.88 bits per heavy atom. The van der Waals surface area contributed by atoms with E-state index in [1.54, 1.807) is 38.5 Å².